The lowest BCUT2D eigenvalue weighted by atomic mass is 10.2. The van der Waals surface area contributed by atoms with E-state index in [0.717, 1.165) is 15.6 Å². The van der Waals surface area contributed by atoms with E-state index < -0.39 is 0 Å². The highest BCUT2D eigenvalue weighted by Crippen LogP contribution is 2.33. The number of benzene rings is 1. The van der Waals surface area contributed by atoms with E-state index in [1.807, 2.05) is 37.4 Å². The van der Waals surface area contributed by atoms with Gasteiger partial charge in [-0.3, -0.25) is 4.79 Å². The number of thiophene rings is 1. The zero-order valence-electron chi connectivity index (χ0n) is 12.3. The largest absolute Gasteiger partial charge is 0.397 e. The van der Waals surface area contributed by atoms with Gasteiger partial charge in [-0.15, -0.1) is 11.3 Å². The second-order valence-corrected chi connectivity index (χ2v) is 6.52. The Kier molecular flexibility index (Phi) is 4.75. The number of anilines is 2. The molecule has 1 aromatic heterocycles. The molecule has 1 amide bonds. The van der Waals surface area contributed by atoms with Crippen LogP contribution in [0.25, 0.3) is 0 Å². The smallest absolute Gasteiger partial charge is 0.265 e. The van der Waals surface area contributed by atoms with Crippen LogP contribution >= 0.6 is 22.9 Å². The van der Waals surface area contributed by atoms with Crippen LogP contribution in [0.3, 0.4) is 0 Å². The number of carbonyl (C=O) groups excluding carboxylic acids is 1. The van der Waals surface area contributed by atoms with Gasteiger partial charge in [0.2, 0.25) is 0 Å². The van der Waals surface area contributed by atoms with Crippen LogP contribution < -0.4 is 10.6 Å². The molecule has 0 bridgehead atoms. The van der Waals surface area contributed by atoms with Crippen LogP contribution in [0.5, 0.6) is 0 Å². The monoisotopic (exact) mass is 323 g/mol. The average molecular weight is 324 g/mol. The van der Waals surface area contributed by atoms with Gasteiger partial charge in [0.25, 0.3) is 5.91 Å². The predicted octanol–water partition coefficient (Wildman–Crippen LogP) is 3.32. The lowest BCUT2D eigenvalue weighted by molar-refractivity contribution is 0.0833. The highest BCUT2D eigenvalue weighted by Gasteiger charge is 2.17. The summed E-state index contributed by atoms with van der Waals surface area (Å²) in [5.74, 6) is -0.0695. The van der Waals surface area contributed by atoms with Crippen molar-refractivity contribution in [1.82, 2.24) is 4.90 Å². The standard InChI is InChI=1S/C15H18ClN3OS/c1-18(2)15(20)14-12(17)8-13(21-14)19(3)9-10-5-4-6-11(16)7-10/h4-8H,9,17H2,1-3H3. The van der Waals surface area contributed by atoms with Gasteiger partial charge in [-0.25, -0.2) is 0 Å². The first-order chi connectivity index (χ1) is 9.88. The third-order valence-electron chi connectivity index (χ3n) is 3.03. The maximum atomic E-state index is 12.0. The molecule has 0 saturated carbocycles. The number of nitrogens with two attached hydrogens (primary N) is 1. The minimum absolute atomic E-state index is 0.0695. The minimum atomic E-state index is -0.0695. The molecule has 0 fully saturated rings. The second-order valence-electron chi connectivity index (χ2n) is 5.05. The van der Waals surface area contributed by atoms with Crippen LogP contribution in [0.2, 0.25) is 5.02 Å². The molecule has 0 aliphatic heterocycles. The van der Waals surface area contributed by atoms with E-state index in [-0.39, 0.29) is 5.91 Å². The number of rotatable bonds is 4. The van der Waals surface area contributed by atoms with Gasteiger partial charge in [0.1, 0.15) is 4.88 Å². The first kappa shape index (κ1) is 15.7. The second kappa shape index (κ2) is 6.37. The summed E-state index contributed by atoms with van der Waals surface area (Å²) in [6.45, 7) is 0.704. The number of hydrogen-bond acceptors (Lipinski definition) is 4. The SMILES string of the molecule is CN(C)C(=O)c1sc(N(C)Cc2cccc(Cl)c2)cc1N. The van der Waals surface area contributed by atoms with Gasteiger partial charge in [0.15, 0.2) is 0 Å². The number of nitrogen functional groups attached to an aromatic ring is 1. The average Bonchev–Trinajstić information content (AvgIpc) is 2.80. The van der Waals surface area contributed by atoms with Gasteiger partial charge < -0.3 is 15.5 Å². The van der Waals surface area contributed by atoms with E-state index in [1.54, 1.807) is 14.1 Å². The van der Waals surface area contributed by atoms with Gasteiger partial charge in [-0.1, -0.05) is 23.7 Å². The van der Waals surface area contributed by atoms with Crippen LogP contribution in [-0.4, -0.2) is 32.0 Å². The first-order valence-electron chi connectivity index (χ1n) is 6.45. The number of halogens is 1. The molecular formula is C15H18ClN3OS. The molecule has 2 rings (SSSR count). The molecule has 2 N–H and O–H groups in total. The summed E-state index contributed by atoms with van der Waals surface area (Å²) in [6, 6.07) is 9.56. The fourth-order valence-electron chi connectivity index (χ4n) is 1.94. The summed E-state index contributed by atoms with van der Waals surface area (Å²) >= 11 is 7.40. The molecule has 0 radical (unpaired) electrons. The lowest BCUT2D eigenvalue weighted by Gasteiger charge is -2.17. The Labute approximate surface area is 133 Å². The Morgan fingerprint density at radius 3 is 2.62 bits per heavy atom. The topological polar surface area (TPSA) is 49.6 Å². The van der Waals surface area contributed by atoms with Crippen molar-refractivity contribution in [2.24, 2.45) is 0 Å². The summed E-state index contributed by atoms with van der Waals surface area (Å²) in [5, 5.41) is 1.67. The third-order valence-corrected chi connectivity index (χ3v) is 4.52. The van der Waals surface area contributed by atoms with Crippen molar-refractivity contribution < 1.29 is 4.79 Å². The molecule has 1 heterocycles. The van der Waals surface area contributed by atoms with Crippen LogP contribution in [0.1, 0.15) is 15.2 Å². The molecule has 0 atom stereocenters. The molecule has 0 aliphatic carbocycles. The van der Waals surface area contributed by atoms with E-state index >= 15 is 0 Å². The lowest BCUT2D eigenvalue weighted by Crippen LogP contribution is -2.21. The van der Waals surface area contributed by atoms with Gasteiger partial charge in [0, 0.05) is 32.7 Å². The van der Waals surface area contributed by atoms with Gasteiger partial charge in [-0.05, 0) is 23.8 Å². The van der Waals surface area contributed by atoms with Gasteiger partial charge in [-0.2, -0.15) is 0 Å². The van der Waals surface area contributed by atoms with Crippen LogP contribution in [-0.2, 0) is 6.54 Å². The number of carbonyl (C=O) groups is 1. The highest BCUT2D eigenvalue weighted by molar-refractivity contribution is 7.18. The first-order valence-corrected chi connectivity index (χ1v) is 7.64. The molecular weight excluding hydrogens is 306 g/mol. The van der Waals surface area contributed by atoms with Gasteiger partial charge >= 0.3 is 0 Å². The molecule has 21 heavy (non-hydrogen) atoms. The van der Waals surface area contributed by atoms with Crippen molar-refractivity contribution in [1.29, 1.82) is 0 Å². The Bertz CT molecular complexity index is 654. The summed E-state index contributed by atoms with van der Waals surface area (Å²) in [4.78, 5) is 16.2. The molecule has 1 aromatic carbocycles. The Morgan fingerprint density at radius 2 is 2.00 bits per heavy atom. The summed E-state index contributed by atoms with van der Waals surface area (Å²) in [7, 11) is 5.41. The molecule has 2 aromatic rings. The Hall–Kier alpha value is -1.72. The minimum Gasteiger partial charge on any atom is -0.397 e. The van der Waals surface area contributed by atoms with Crippen molar-refractivity contribution in [3.63, 3.8) is 0 Å². The van der Waals surface area contributed by atoms with Crippen LogP contribution in [0.4, 0.5) is 10.7 Å². The highest BCUT2D eigenvalue weighted by atomic mass is 35.5. The van der Waals surface area contributed by atoms with E-state index in [1.165, 1.54) is 16.2 Å². The van der Waals surface area contributed by atoms with Crippen molar-refractivity contribution >= 4 is 39.5 Å². The molecule has 4 nitrogen and oxygen atoms in total. The van der Waals surface area contributed by atoms with Crippen LogP contribution in [0.15, 0.2) is 30.3 Å². The maximum Gasteiger partial charge on any atom is 0.265 e. The molecule has 0 unspecified atom stereocenters. The molecule has 0 saturated heterocycles. The number of amides is 1. The van der Waals surface area contributed by atoms with Crippen molar-refractivity contribution in [2.75, 3.05) is 31.8 Å². The summed E-state index contributed by atoms with van der Waals surface area (Å²) in [5.41, 5.74) is 7.58. The normalized spacial score (nSPS) is 10.5. The Balaban J connectivity index is 2.18. The quantitative estimate of drug-likeness (QED) is 0.939. The van der Waals surface area contributed by atoms with E-state index in [9.17, 15) is 4.79 Å². The van der Waals surface area contributed by atoms with Crippen molar-refractivity contribution in [3.8, 4) is 0 Å². The van der Waals surface area contributed by atoms with E-state index in [2.05, 4.69) is 4.90 Å². The molecule has 0 aliphatic rings. The van der Waals surface area contributed by atoms with E-state index in [0.29, 0.717) is 17.1 Å². The molecule has 112 valence electrons. The predicted molar refractivity (Wildman–Crippen MR) is 90.3 cm³/mol. The van der Waals surface area contributed by atoms with Crippen molar-refractivity contribution in [2.45, 2.75) is 6.54 Å². The molecule has 0 spiro atoms. The fourth-order valence-corrected chi connectivity index (χ4v) is 3.21. The fraction of sp³-hybridized carbons (Fsp3) is 0.267. The zero-order valence-corrected chi connectivity index (χ0v) is 13.8. The summed E-state index contributed by atoms with van der Waals surface area (Å²) in [6.07, 6.45) is 0. The number of hydrogen-bond donors (Lipinski definition) is 1. The molecule has 6 heteroatoms. The Morgan fingerprint density at radius 1 is 1.29 bits per heavy atom. The van der Waals surface area contributed by atoms with Gasteiger partial charge in [0.05, 0.1) is 10.7 Å². The summed E-state index contributed by atoms with van der Waals surface area (Å²) < 4.78 is 0. The van der Waals surface area contributed by atoms with Crippen LogP contribution in [0, 0.1) is 0 Å². The number of nitrogens with zero attached hydrogens (tertiary/aromatic N) is 2. The van der Waals surface area contributed by atoms with Crippen molar-refractivity contribution in [3.05, 3.63) is 45.8 Å². The third kappa shape index (κ3) is 3.68. The van der Waals surface area contributed by atoms with E-state index in [4.69, 9.17) is 17.3 Å². The maximum absolute atomic E-state index is 12.0. The zero-order chi connectivity index (χ0) is 15.6.